The van der Waals surface area contributed by atoms with Crippen LogP contribution in [-0.4, -0.2) is 35.4 Å². The average Bonchev–Trinajstić information content (AvgIpc) is 2.79. The Hall–Kier alpha value is -1.93. The number of anilines is 1. The number of likely N-dealkylation sites (tertiary alicyclic amines) is 1. The summed E-state index contributed by atoms with van der Waals surface area (Å²) in [6.07, 6.45) is 2.49. The van der Waals surface area contributed by atoms with E-state index in [0.717, 1.165) is 36.6 Å². The average molecular weight is 326 g/mol. The number of aromatic nitrogens is 1. The molecule has 0 aliphatic carbocycles. The highest BCUT2D eigenvalue weighted by Gasteiger charge is 2.40. The SMILES string of the molecule is CC(=O)N1CC(C)(C)c2nc(C#N)cc(CN3CCC[C@H](C)C3)c21. The Morgan fingerprint density at radius 2 is 2.25 bits per heavy atom. The van der Waals surface area contributed by atoms with Gasteiger partial charge in [0.1, 0.15) is 11.8 Å². The molecule has 0 aromatic carbocycles. The molecule has 0 unspecified atom stereocenters. The molecule has 3 heterocycles. The van der Waals surface area contributed by atoms with Gasteiger partial charge in [0.05, 0.1) is 11.4 Å². The molecule has 1 saturated heterocycles. The van der Waals surface area contributed by atoms with Crippen LogP contribution in [0.25, 0.3) is 0 Å². The van der Waals surface area contributed by atoms with E-state index in [9.17, 15) is 10.1 Å². The summed E-state index contributed by atoms with van der Waals surface area (Å²) in [5, 5.41) is 9.38. The van der Waals surface area contributed by atoms with E-state index in [-0.39, 0.29) is 11.3 Å². The molecular weight excluding hydrogens is 300 g/mol. The summed E-state index contributed by atoms with van der Waals surface area (Å²) < 4.78 is 0. The summed E-state index contributed by atoms with van der Waals surface area (Å²) in [6.45, 7) is 11.6. The fraction of sp³-hybridized carbons (Fsp3) is 0.632. The number of nitrogens with zero attached hydrogens (tertiary/aromatic N) is 4. The molecule has 1 amide bonds. The van der Waals surface area contributed by atoms with Crippen LogP contribution in [0.1, 0.15) is 57.5 Å². The minimum absolute atomic E-state index is 0.0431. The van der Waals surface area contributed by atoms with Crippen molar-refractivity contribution >= 4 is 11.6 Å². The van der Waals surface area contributed by atoms with E-state index in [1.165, 1.54) is 12.8 Å². The van der Waals surface area contributed by atoms with Crippen molar-refractivity contribution in [3.05, 3.63) is 23.0 Å². The van der Waals surface area contributed by atoms with E-state index in [4.69, 9.17) is 0 Å². The number of carbonyl (C=O) groups is 1. The smallest absolute Gasteiger partial charge is 0.223 e. The Morgan fingerprint density at radius 3 is 2.88 bits per heavy atom. The van der Waals surface area contributed by atoms with E-state index in [1.54, 1.807) is 6.92 Å². The number of hydrogen-bond acceptors (Lipinski definition) is 4. The van der Waals surface area contributed by atoms with Gasteiger partial charge in [0, 0.05) is 32.0 Å². The second-order valence-corrected chi connectivity index (χ2v) is 7.95. The summed E-state index contributed by atoms with van der Waals surface area (Å²) in [5.41, 5.74) is 3.11. The zero-order valence-electron chi connectivity index (χ0n) is 15.1. The fourth-order valence-electron chi connectivity index (χ4n) is 4.03. The molecule has 1 fully saturated rings. The van der Waals surface area contributed by atoms with Crippen molar-refractivity contribution in [3.8, 4) is 6.07 Å². The zero-order chi connectivity index (χ0) is 17.5. The number of rotatable bonds is 2. The molecule has 128 valence electrons. The Labute approximate surface area is 144 Å². The van der Waals surface area contributed by atoms with E-state index in [1.807, 2.05) is 11.0 Å². The number of pyridine rings is 1. The molecule has 1 aromatic rings. The fourth-order valence-corrected chi connectivity index (χ4v) is 4.03. The summed E-state index contributed by atoms with van der Waals surface area (Å²) in [4.78, 5) is 21.0. The van der Waals surface area contributed by atoms with E-state index in [2.05, 4.69) is 36.7 Å². The lowest BCUT2D eigenvalue weighted by atomic mass is 9.90. The Kier molecular flexibility index (Phi) is 4.35. The summed E-state index contributed by atoms with van der Waals surface area (Å²) in [7, 11) is 0. The van der Waals surface area contributed by atoms with Gasteiger partial charge in [0.2, 0.25) is 5.91 Å². The molecule has 0 radical (unpaired) electrons. The predicted octanol–water partition coefficient (Wildman–Crippen LogP) is 2.83. The summed E-state index contributed by atoms with van der Waals surface area (Å²) in [5.74, 6) is 0.742. The van der Waals surface area contributed by atoms with Gasteiger partial charge < -0.3 is 4.90 Å². The van der Waals surface area contributed by atoms with Gasteiger partial charge in [0.15, 0.2) is 0 Å². The highest BCUT2D eigenvalue weighted by Crippen LogP contribution is 2.42. The second-order valence-electron chi connectivity index (χ2n) is 7.95. The van der Waals surface area contributed by atoms with Crippen LogP contribution in [0.2, 0.25) is 0 Å². The Bertz CT molecular complexity index is 704. The van der Waals surface area contributed by atoms with Gasteiger partial charge in [-0.1, -0.05) is 20.8 Å². The number of fused-ring (bicyclic) bond motifs is 1. The Balaban J connectivity index is 2.04. The third kappa shape index (κ3) is 3.03. The topological polar surface area (TPSA) is 60.2 Å². The first kappa shape index (κ1) is 16.9. The van der Waals surface area contributed by atoms with Crippen molar-refractivity contribution < 1.29 is 4.79 Å². The second kappa shape index (κ2) is 6.18. The van der Waals surface area contributed by atoms with Crippen molar-refractivity contribution in [2.45, 2.75) is 52.5 Å². The number of amides is 1. The van der Waals surface area contributed by atoms with Gasteiger partial charge in [-0.15, -0.1) is 0 Å². The molecule has 24 heavy (non-hydrogen) atoms. The maximum absolute atomic E-state index is 12.2. The highest BCUT2D eigenvalue weighted by atomic mass is 16.2. The molecule has 0 spiro atoms. The standard InChI is InChI=1S/C19H26N4O/c1-13-6-5-7-22(10-13)11-15-8-16(9-20)21-18-17(15)23(14(2)24)12-19(18,3)4/h8,13H,5-7,10-12H2,1-4H3/t13-/m0/s1. The van der Waals surface area contributed by atoms with E-state index in [0.29, 0.717) is 18.2 Å². The van der Waals surface area contributed by atoms with Crippen LogP contribution in [-0.2, 0) is 16.8 Å². The van der Waals surface area contributed by atoms with Crippen LogP contribution in [0, 0.1) is 17.2 Å². The van der Waals surface area contributed by atoms with E-state index < -0.39 is 0 Å². The van der Waals surface area contributed by atoms with Crippen molar-refractivity contribution in [3.63, 3.8) is 0 Å². The first-order valence-electron chi connectivity index (χ1n) is 8.77. The maximum atomic E-state index is 12.2. The molecule has 2 aliphatic rings. The van der Waals surface area contributed by atoms with Gasteiger partial charge in [-0.25, -0.2) is 4.98 Å². The minimum atomic E-state index is -0.224. The lowest BCUT2D eigenvalue weighted by Crippen LogP contribution is -2.35. The van der Waals surface area contributed by atoms with Gasteiger partial charge in [0.25, 0.3) is 0 Å². The molecule has 2 aliphatic heterocycles. The van der Waals surface area contributed by atoms with Gasteiger partial charge >= 0.3 is 0 Å². The largest absolute Gasteiger partial charge is 0.310 e. The quantitative estimate of drug-likeness (QED) is 0.838. The van der Waals surface area contributed by atoms with E-state index >= 15 is 0 Å². The van der Waals surface area contributed by atoms with Gasteiger partial charge in [-0.3, -0.25) is 9.69 Å². The van der Waals surface area contributed by atoms with Crippen LogP contribution >= 0.6 is 0 Å². The summed E-state index contributed by atoms with van der Waals surface area (Å²) in [6, 6.07) is 4.06. The highest BCUT2D eigenvalue weighted by molar-refractivity contribution is 5.95. The molecule has 3 rings (SSSR count). The Morgan fingerprint density at radius 1 is 1.50 bits per heavy atom. The number of piperidine rings is 1. The molecule has 0 N–H and O–H groups in total. The van der Waals surface area contributed by atoms with Crippen molar-refractivity contribution in [2.24, 2.45) is 5.92 Å². The monoisotopic (exact) mass is 326 g/mol. The lowest BCUT2D eigenvalue weighted by Gasteiger charge is -2.32. The summed E-state index contributed by atoms with van der Waals surface area (Å²) >= 11 is 0. The molecule has 5 heteroatoms. The first-order chi connectivity index (χ1) is 11.3. The zero-order valence-corrected chi connectivity index (χ0v) is 15.1. The molecule has 1 aromatic heterocycles. The van der Waals surface area contributed by atoms with Crippen LogP contribution in [0.3, 0.4) is 0 Å². The van der Waals surface area contributed by atoms with Gasteiger partial charge in [-0.05, 0) is 36.9 Å². The number of carbonyl (C=O) groups excluding carboxylic acids is 1. The van der Waals surface area contributed by atoms with Crippen molar-refractivity contribution in [1.82, 2.24) is 9.88 Å². The molecule has 1 atom stereocenters. The van der Waals surface area contributed by atoms with Crippen LogP contribution < -0.4 is 4.90 Å². The van der Waals surface area contributed by atoms with Crippen molar-refractivity contribution in [1.29, 1.82) is 5.26 Å². The predicted molar refractivity (Wildman–Crippen MR) is 93.7 cm³/mol. The third-order valence-corrected chi connectivity index (χ3v) is 5.17. The molecule has 0 bridgehead atoms. The molecule has 0 saturated carbocycles. The van der Waals surface area contributed by atoms with Crippen LogP contribution in [0.5, 0.6) is 0 Å². The van der Waals surface area contributed by atoms with Crippen molar-refractivity contribution in [2.75, 3.05) is 24.5 Å². The third-order valence-electron chi connectivity index (χ3n) is 5.17. The molecule has 5 nitrogen and oxygen atoms in total. The normalized spacial score (nSPS) is 23.0. The van der Waals surface area contributed by atoms with Crippen LogP contribution in [0.4, 0.5) is 5.69 Å². The minimum Gasteiger partial charge on any atom is -0.310 e. The number of hydrogen-bond donors (Lipinski definition) is 0. The molecular formula is C19H26N4O. The first-order valence-corrected chi connectivity index (χ1v) is 8.77. The van der Waals surface area contributed by atoms with Gasteiger partial charge in [-0.2, -0.15) is 5.26 Å². The van der Waals surface area contributed by atoms with Crippen LogP contribution in [0.15, 0.2) is 6.07 Å². The number of nitriles is 1. The lowest BCUT2D eigenvalue weighted by molar-refractivity contribution is -0.116. The maximum Gasteiger partial charge on any atom is 0.223 e.